The Morgan fingerprint density at radius 3 is 2.81 bits per heavy atom. The van der Waals surface area contributed by atoms with Gasteiger partial charge in [-0.2, -0.15) is 10.1 Å². The molecular weight excluding hydrogens is 362 g/mol. The number of halogens is 1. The molecule has 0 aliphatic carbocycles. The van der Waals surface area contributed by atoms with E-state index in [-0.39, 0.29) is 0 Å². The number of hydrazone groups is 1. The van der Waals surface area contributed by atoms with Gasteiger partial charge in [-0.05, 0) is 30.7 Å². The molecule has 2 aromatic carbocycles. The van der Waals surface area contributed by atoms with E-state index in [0.29, 0.717) is 30.0 Å². The topological polar surface area (TPSA) is 62.6 Å². The summed E-state index contributed by atoms with van der Waals surface area (Å²) in [6.45, 7) is 4.92. The van der Waals surface area contributed by atoms with Gasteiger partial charge in [0.05, 0.1) is 24.9 Å². The SMILES string of the molecule is Cc1cccc(/C=N/Nc2nc(N3CCOCC3)nc3cc(Cl)ccc23)c1. The van der Waals surface area contributed by atoms with Gasteiger partial charge in [-0.1, -0.05) is 41.4 Å². The second-order valence-corrected chi connectivity index (χ2v) is 6.85. The van der Waals surface area contributed by atoms with Gasteiger partial charge < -0.3 is 9.64 Å². The summed E-state index contributed by atoms with van der Waals surface area (Å²) < 4.78 is 5.42. The predicted molar refractivity (Wildman–Crippen MR) is 110 cm³/mol. The number of aromatic nitrogens is 2. The molecule has 1 saturated heterocycles. The first-order valence-corrected chi connectivity index (χ1v) is 9.22. The van der Waals surface area contributed by atoms with Crippen molar-refractivity contribution in [2.75, 3.05) is 36.6 Å². The van der Waals surface area contributed by atoms with Crippen LogP contribution in [0.3, 0.4) is 0 Å². The lowest BCUT2D eigenvalue weighted by Crippen LogP contribution is -2.37. The Kier molecular flexibility index (Phi) is 5.18. The lowest BCUT2D eigenvalue weighted by atomic mass is 10.2. The van der Waals surface area contributed by atoms with Crippen LogP contribution in [0, 0.1) is 6.92 Å². The van der Waals surface area contributed by atoms with Crippen molar-refractivity contribution >= 4 is 40.5 Å². The maximum atomic E-state index is 6.16. The molecule has 4 rings (SSSR count). The molecular formula is C20H20ClN5O. The van der Waals surface area contributed by atoms with E-state index in [2.05, 4.69) is 39.5 Å². The molecule has 2 heterocycles. The van der Waals surface area contributed by atoms with Crippen molar-refractivity contribution in [1.82, 2.24) is 9.97 Å². The van der Waals surface area contributed by atoms with Gasteiger partial charge >= 0.3 is 0 Å². The average Bonchev–Trinajstić information content (AvgIpc) is 2.68. The van der Waals surface area contributed by atoms with Crippen molar-refractivity contribution in [3.05, 3.63) is 58.6 Å². The van der Waals surface area contributed by atoms with Gasteiger partial charge in [0.15, 0.2) is 5.82 Å². The molecule has 1 aromatic heterocycles. The fourth-order valence-corrected chi connectivity index (χ4v) is 3.17. The Morgan fingerprint density at radius 2 is 2.00 bits per heavy atom. The van der Waals surface area contributed by atoms with Crippen LogP contribution < -0.4 is 10.3 Å². The zero-order valence-corrected chi connectivity index (χ0v) is 15.8. The maximum Gasteiger partial charge on any atom is 0.228 e. The highest BCUT2D eigenvalue weighted by atomic mass is 35.5. The van der Waals surface area contributed by atoms with Crippen LogP contribution >= 0.6 is 11.6 Å². The Bertz CT molecular complexity index is 985. The van der Waals surface area contributed by atoms with Crippen LogP contribution in [0.25, 0.3) is 10.9 Å². The summed E-state index contributed by atoms with van der Waals surface area (Å²) in [5, 5.41) is 5.89. The average molecular weight is 382 g/mol. The molecule has 1 aliphatic heterocycles. The van der Waals surface area contributed by atoms with Crippen molar-refractivity contribution < 1.29 is 4.74 Å². The Labute approximate surface area is 162 Å². The van der Waals surface area contributed by atoms with E-state index in [9.17, 15) is 0 Å². The zero-order valence-electron chi connectivity index (χ0n) is 15.0. The molecule has 1 aliphatic rings. The molecule has 0 atom stereocenters. The largest absolute Gasteiger partial charge is 0.378 e. The normalized spacial score (nSPS) is 14.8. The third kappa shape index (κ3) is 4.18. The second kappa shape index (κ2) is 7.90. The highest BCUT2D eigenvalue weighted by molar-refractivity contribution is 6.31. The van der Waals surface area contributed by atoms with Gasteiger partial charge in [0, 0.05) is 23.5 Å². The lowest BCUT2D eigenvalue weighted by Gasteiger charge is -2.27. The minimum absolute atomic E-state index is 0.642. The predicted octanol–water partition coefficient (Wildman–Crippen LogP) is 3.87. The second-order valence-electron chi connectivity index (χ2n) is 6.42. The van der Waals surface area contributed by atoms with E-state index in [0.717, 1.165) is 29.6 Å². The van der Waals surface area contributed by atoms with Crippen LogP contribution in [0.2, 0.25) is 5.02 Å². The maximum absolute atomic E-state index is 6.16. The summed E-state index contributed by atoms with van der Waals surface area (Å²) in [7, 11) is 0. The number of aryl methyl sites for hydroxylation is 1. The molecule has 0 bridgehead atoms. The monoisotopic (exact) mass is 381 g/mol. The van der Waals surface area contributed by atoms with Crippen LogP contribution in [-0.2, 0) is 4.74 Å². The Balaban J connectivity index is 1.67. The quantitative estimate of drug-likeness (QED) is 0.549. The number of nitrogens with one attached hydrogen (secondary N) is 1. The Morgan fingerprint density at radius 1 is 1.15 bits per heavy atom. The van der Waals surface area contributed by atoms with Crippen molar-refractivity contribution in [3.63, 3.8) is 0 Å². The zero-order chi connectivity index (χ0) is 18.6. The fraction of sp³-hybridized carbons (Fsp3) is 0.250. The molecule has 3 aromatic rings. The first kappa shape index (κ1) is 17.7. The van der Waals surface area contributed by atoms with Crippen molar-refractivity contribution in [3.8, 4) is 0 Å². The van der Waals surface area contributed by atoms with E-state index < -0.39 is 0 Å². The van der Waals surface area contributed by atoms with E-state index >= 15 is 0 Å². The number of benzene rings is 2. The number of hydrogen-bond acceptors (Lipinski definition) is 6. The molecule has 7 heteroatoms. The first-order valence-electron chi connectivity index (χ1n) is 8.85. The summed E-state index contributed by atoms with van der Waals surface area (Å²) >= 11 is 6.16. The van der Waals surface area contributed by atoms with Crippen LogP contribution in [0.1, 0.15) is 11.1 Å². The molecule has 0 radical (unpaired) electrons. The number of morpholine rings is 1. The summed E-state index contributed by atoms with van der Waals surface area (Å²) in [6, 6.07) is 13.7. The van der Waals surface area contributed by atoms with Gasteiger partial charge in [0.25, 0.3) is 0 Å². The van der Waals surface area contributed by atoms with Gasteiger partial charge in [0.1, 0.15) is 0 Å². The molecule has 0 saturated carbocycles. The van der Waals surface area contributed by atoms with Gasteiger partial charge in [-0.3, -0.25) is 5.43 Å². The van der Waals surface area contributed by atoms with Crippen molar-refractivity contribution in [2.45, 2.75) is 6.92 Å². The standard InChI is InChI=1S/C20H20ClN5O/c1-14-3-2-4-15(11-14)13-22-25-19-17-6-5-16(21)12-18(17)23-20(24-19)26-7-9-27-10-8-26/h2-6,11-13H,7-10H2,1H3,(H,23,24,25)/b22-13+. The number of anilines is 2. The third-order valence-electron chi connectivity index (χ3n) is 4.37. The van der Waals surface area contributed by atoms with Crippen LogP contribution in [0.15, 0.2) is 47.6 Å². The Hall–Kier alpha value is -2.70. The number of ether oxygens (including phenoxy) is 1. The smallest absolute Gasteiger partial charge is 0.228 e. The van der Waals surface area contributed by atoms with E-state index in [1.54, 1.807) is 6.21 Å². The minimum Gasteiger partial charge on any atom is -0.378 e. The summed E-state index contributed by atoms with van der Waals surface area (Å²) in [4.78, 5) is 11.5. The van der Waals surface area contributed by atoms with Crippen LogP contribution in [0.5, 0.6) is 0 Å². The molecule has 0 amide bonds. The van der Waals surface area contributed by atoms with E-state index in [4.69, 9.17) is 21.3 Å². The summed E-state index contributed by atoms with van der Waals surface area (Å²) in [5.41, 5.74) is 6.07. The van der Waals surface area contributed by atoms with Gasteiger partial charge in [-0.25, -0.2) is 4.98 Å². The van der Waals surface area contributed by atoms with E-state index in [1.165, 1.54) is 5.56 Å². The lowest BCUT2D eigenvalue weighted by molar-refractivity contribution is 0.122. The van der Waals surface area contributed by atoms with Crippen molar-refractivity contribution in [1.29, 1.82) is 0 Å². The molecule has 1 fully saturated rings. The van der Waals surface area contributed by atoms with Crippen molar-refractivity contribution in [2.24, 2.45) is 5.10 Å². The molecule has 1 N–H and O–H groups in total. The third-order valence-corrected chi connectivity index (χ3v) is 4.60. The number of fused-ring (bicyclic) bond motifs is 1. The highest BCUT2D eigenvalue weighted by Crippen LogP contribution is 2.26. The molecule has 27 heavy (non-hydrogen) atoms. The van der Waals surface area contributed by atoms with Gasteiger partial charge in [0.2, 0.25) is 5.95 Å². The van der Waals surface area contributed by atoms with Crippen LogP contribution in [0.4, 0.5) is 11.8 Å². The van der Waals surface area contributed by atoms with Crippen LogP contribution in [-0.4, -0.2) is 42.5 Å². The number of rotatable bonds is 4. The minimum atomic E-state index is 0.642. The molecule has 0 spiro atoms. The van der Waals surface area contributed by atoms with Gasteiger partial charge in [-0.15, -0.1) is 0 Å². The fourth-order valence-electron chi connectivity index (χ4n) is 3.00. The molecule has 6 nitrogen and oxygen atoms in total. The highest BCUT2D eigenvalue weighted by Gasteiger charge is 2.16. The summed E-state index contributed by atoms with van der Waals surface area (Å²) in [5.74, 6) is 1.31. The number of hydrogen-bond donors (Lipinski definition) is 1. The van der Waals surface area contributed by atoms with E-state index in [1.807, 2.05) is 30.3 Å². The number of nitrogens with zero attached hydrogens (tertiary/aromatic N) is 4. The summed E-state index contributed by atoms with van der Waals surface area (Å²) in [6.07, 6.45) is 1.78. The first-order chi connectivity index (χ1) is 13.2. The molecule has 138 valence electrons. The molecule has 0 unspecified atom stereocenters.